The molecule has 22 heavy (non-hydrogen) atoms. The molecule has 2 aromatic rings. The molecule has 1 aliphatic rings. The highest BCUT2D eigenvalue weighted by Crippen LogP contribution is 2.37. The van der Waals surface area contributed by atoms with Crippen LogP contribution in [0.15, 0.2) is 42.6 Å². The van der Waals surface area contributed by atoms with Crippen molar-refractivity contribution in [2.45, 2.75) is 45.8 Å². The molecule has 0 aliphatic carbocycles. The zero-order valence-electron chi connectivity index (χ0n) is 13.9. The van der Waals surface area contributed by atoms with E-state index in [1.807, 2.05) is 6.07 Å². The second kappa shape index (κ2) is 5.22. The van der Waals surface area contributed by atoms with E-state index < -0.39 is 7.12 Å². The van der Waals surface area contributed by atoms with Gasteiger partial charge in [0, 0.05) is 6.20 Å². The second-order valence-corrected chi connectivity index (χ2v) is 6.89. The summed E-state index contributed by atoms with van der Waals surface area (Å²) in [5.74, 6) is 0. The van der Waals surface area contributed by atoms with Crippen LogP contribution < -0.4 is 5.59 Å². The number of nitrogens with zero attached hydrogens (tertiary/aromatic N) is 1. The summed E-state index contributed by atoms with van der Waals surface area (Å²) < 4.78 is 12.3. The molecule has 0 atom stereocenters. The molecule has 0 N–H and O–H groups in total. The normalized spacial score (nSPS) is 19.4. The van der Waals surface area contributed by atoms with E-state index in [1.165, 1.54) is 5.56 Å². The molecule has 1 aromatic heterocycles. The number of aromatic nitrogens is 1. The Kier molecular flexibility index (Phi) is 3.62. The lowest BCUT2D eigenvalue weighted by molar-refractivity contribution is 0.00578. The molecule has 3 rings (SSSR count). The smallest absolute Gasteiger partial charge is 0.398 e. The van der Waals surface area contributed by atoms with Gasteiger partial charge in [0.05, 0.1) is 16.8 Å². The molecular formula is C18H22BNO2. The summed E-state index contributed by atoms with van der Waals surface area (Å²) in [6, 6.07) is 12.5. The number of rotatable bonds is 2. The van der Waals surface area contributed by atoms with Crippen LogP contribution in [-0.4, -0.2) is 23.3 Å². The first kappa shape index (κ1) is 15.3. The van der Waals surface area contributed by atoms with Gasteiger partial charge in [-0.25, -0.2) is 0 Å². The Morgan fingerprint density at radius 2 is 1.50 bits per heavy atom. The van der Waals surface area contributed by atoms with Crippen molar-refractivity contribution in [2.24, 2.45) is 0 Å². The van der Waals surface area contributed by atoms with Crippen LogP contribution in [0.25, 0.3) is 11.1 Å². The minimum Gasteiger partial charge on any atom is -0.398 e. The summed E-state index contributed by atoms with van der Waals surface area (Å²) in [4.78, 5) is 4.54. The van der Waals surface area contributed by atoms with Crippen molar-refractivity contribution < 1.29 is 9.31 Å². The van der Waals surface area contributed by atoms with Crippen LogP contribution in [0.5, 0.6) is 0 Å². The average molecular weight is 295 g/mol. The van der Waals surface area contributed by atoms with Gasteiger partial charge >= 0.3 is 7.12 Å². The lowest BCUT2D eigenvalue weighted by Gasteiger charge is -2.32. The second-order valence-electron chi connectivity index (χ2n) is 6.89. The average Bonchev–Trinajstić information content (AvgIpc) is 2.68. The lowest BCUT2D eigenvalue weighted by atomic mass is 9.79. The lowest BCUT2D eigenvalue weighted by Crippen LogP contribution is -2.41. The molecule has 0 radical (unpaired) electrons. The molecule has 0 bridgehead atoms. The fourth-order valence-electron chi connectivity index (χ4n) is 2.54. The van der Waals surface area contributed by atoms with Crippen LogP contribution in [0.4, 0.5) is 0 Å². The van der Waals surface area contributed by atoms with E-state index in [0.29, 0.717) is 0 Å². The maximum Gasteiger partial charge on any atom is 0.515 e. The van der Waals surface area contributed by atoms with Crippen molar-refractivity contribution in [1.29, 1.82) is 0 Å². The van der Waals surface area contributed by atoms with Crippen molar-refractivity contribution in [2.75, 3.05) is 0 Å². The standard InChI is InChI=1S/C18H22BNO2/c1-13-8-10-14(11-9-13)15-7-6-12-20-16(15)19-21-17(2,3)18(4,5)22-19/h6-12H,1-5H3. The molecule has 1 aromatic carbocycles. The fraction of sp³-hybridized carbons (Fsp3) is 0.389. The zero-order valence-corrected chi connectivity index (χ0v) is 13.9. The van der Waals surface area contributed by atoms with Gasteiger partial charge in [0.2, 0.25) is 0 Å². The third-order valence-electron chi connectivity index (χ3n) is 4.68. The Balaban J connectivity index is 2.01. The summed E-state index contributed by atoms with van der Waals surface area (Å²) in [7, 11) is -0.442. The highest BCUT2D eigenvalue weighted by molar-refractivity contribution is 6.62. The quantitative estimate of drug-likeness (QED) is 0.796. The molecule has 3 nitrogen and oxygen atoms in total. The van der Waals surface area contributed by atoms with Crippen LogP contribution in [0.1, 0.15) is 33.3 Å². The van der Waals surface area contributed by atoms with Gasteiger partial charge in [0.1, 0.15) is 0 Å². The highest BCUT2D eigenvalue weighted by Gasteiger charge is 2.52. The molecule has 1 fully saturated rings. The fourth-order valence-corrected chi connectivity index (χ4v) is 2.54. The van der Waals surface area contributed by atoms with Crippen molar-refractivity contribution in [3.8, 4) is 11.1 Å². The number of aryl methyl sites for hydroxylation is 1. The Morgan fingerprint density at radius 3 is 2.09 bits per heavy atom. The summed E-state index contributed by atoms with van der Waals surface area (Å²) >= 11 is 0. The minimum absolute atomic E-state index is 0.361. The maximum atomic E-state index is 6.15. The van der Waals surface area contributed by atoms with E-state index in [1.54, 1.807) is 6.20 Å². The van der Waals surface area contributed by atoms with Crippen LogP contribution >= 0.6 is 0 Å². The Labute approximate surface area is 132 Å². The van der Waals surface area contributed by atoms with Crippen molar-refractivity contribution in [1.82, 2.24) is 4.98 Å². The van der Waals surface area contributed by atoms with E-state index in [0.717, 1.165) is 16.7 Å². The number of hydrogen-bond acceptors (Lipinski definition) is 3. The molecule has 114 valence electrons. The van der Waals surface area contributed by atoms with Gasteiger partial charge in [-0.05, 0) is 51.8 Å². The summed E-state index contributed by atoms with van der Waals surface area (Å²) in [5, 5.41) is 0. The Bertz CT molecular complexity index is 664. The Morgan fingerprint density at radius 1 is 0.909 bits per heavy atom. The molecular weight excluding hydrogens is 273 g/mol. The summed E-state index contributed by atoms with van der Waals surface area (Å²) in [6.45, 7) is 10.3. The van der Waals surface area contributed by atoms with Gasteiger partial charge in [0.15, 0.2) is 0 Å². The first-order valence-electron chi connectivity index (χ1n) is 7.68. The SMILES string of the molecule is Cc1ccc(-c2cccnc2B2OC(C)(C)C(C)(C)O2)cc1. The van der Waals surface area contributed by atoms with E-state index in [9.17, 15) is 0 Å². The molecule has 1 saturated heterocycles. The van der Waals surface area contributed by atoms with E-state index in [2.05, 4.69) is 69.9 Å². The predicted octanol–water partition coefficient (Wildman–Crippen LogP) is 3.36. The van der Waals surface area contributed by atoms with Crippen molar-refractivity contribution in [3.05, 3.63) is 48.2 Å². The predicted molar refractivity (Wildman–Crippen MR) is 90.1 cm³/mol. The van der Waals surface area contributed by atoms with E-state index in [4.69, 9.17) is 9.31 Å². The number of pyridine rings is 1. The third kappa shape index (κ3) is 2.57. The zero-order chi connectivity index (χ0) is 16.0. The van der Waals surface area contributed by atoms with Crippen LogP contribution in [0.2, 0.25) is 0 Å². The molecule has 0 unspecified atom stereocenters. The first-order chi connectivity index (χ1) is 10.3. The number of hydrogen-bond donors (Lipinski definition) is 0. The first-order valence-corrected chi connectivity index (χ1v) is 7.68. The van der Waals surface area contributed by atoms with Crippen LogP contribution in [0.3, 0.4) is 0 Å². The van der Waals surface area contributed by atoms with Crippen molar-refractivity contribution >= 4 is 12.7 Å². The molecule has 2 heterocycles. The summed E-state index contributed by atoms with van der Waals surface area (Å²) in [6.07, 6.45) is 1.79. The van der Waals surface area contributed by atoms with Gasteiger partial charge < -0.3 is 9.31 Å². The summed E-state index contributed by atoms with van der Waals surface area (Å²) in [5.41, 5.74) is 3.54. The molecule has 0 saturated carbocycles. The third-order valence-corrected chi connectivity index (χ3v) is 4.68. The Hall–Kier alpha value is -1.65. The largest absolute Gasteiger partial charge is 0.515 e. The van der Waals surface area contributed by atoms with Gasteiger partial charge in [-0.1, -0.05) is 35.9 Å². The molecule has 0 amide bonds. The van der Waals surface area contributed by atoms with Gasteiger partial charge in [0.25, 0.3) is 0 Å². The number of benzene rings is 1. The molecule has 1 aliphatic heterocycles. The molecule has 0 spiro atoms. The maximum absolute atomic E-state index is 6.15. The topological polar surface area (TPSA) is 31.4 Å². The van der Waals surface area contributed by atoms with Crippen LogP contribution in [0, 0.1) is 6.92 Å². The molecule has 4 heteroatoms. The van der Waals surface area contributed by atoms with E-state index >= 15 is 0 Å². The highest BCUT2D eigenvalue weighted by atomic mass is 16.7. The van der Waals surface area contributed by atoms with E-state index in [-0.39, 0.29) is 11.2 Å². The van der Waals surface area contributed by atoms with Gasteiger partial charge in [-0.2, -0.15) is 0 Å². The van der Waals surface area contributed by atoms with Gasteiger partial charge in [-0.15, -0.1) is 0 Å². The van der Waals surface area contributed by atoms with Crippen molar-refractivity contribution in [3.63, 3.8) is 0 Å². The monoisotopic (exact) mass is 295 g/mol. The van der Waals surface area contributed by atoms with Crippen LogP contribution in [-0.2, 0) is 9.31 Å². The minimum atomic E-state index is -0.442. The van der Waals surface area contributed by atoms with Gasteiger partial charge in [-0.3, -0.25) is 4.98 Å².